The summed E-state index contributed by atoms with van der Waals surface area (Å²) in [6, 6.07) is 4.61. The number of nitrogens with zero attached hydrogens (tertiary/aromatic N) is 1. The molecule has 0 spiro atoms. The Bertz CT molecular complexity index is 426. The number of likely N-dealkylation sites (tertiary alicyclic amines) is 1. The SMILES string of the molecule is Cc1ccc(CN2CCC(C)C2)c(C(F)(F)F)c1. The van der Waals surface area contributed by atoms with E-state index in [0.29, 0.717) is 23.6 Å². The van der Waals surface area contributed by atoms with Crippen molar-refractivity contribution in [1.29, 1.82) is 0 Å². The Morgan fingerprint density at radius 2 is 2.06 bits per heavy atom. The van der Waals surface area contributed by atoms with Crippen molar-refractivity contribution in [3.63, 3.8) is 0 Å². The quantitative estimate of drug-likeness (QED) is 0.777. The minimum absolute atomic E-state index is 0.391. The number of hydrogen-bond donors (Lipinski definition) is 0. The van der Waals surface area contributed by atoms with E-state index in [2.05, 4.69) is 11.8 Å². The maximum absolute atomic E-state index is 13.0. The zero-order valence-corrected chi connectivity index (χ0v) is 10.7. The van der Waals surface area contributed by atoms with E-state index in [0.717, 1.165) is 19.5 Å². The van der Waals surface area contributed by atoms with Crippen molar-refractivity contribution in [2.24, 2.45) is 5.92 Å². The predicted octanol–water partition coefficient (Wildman–Crippen LogP) is 3.86. The molecule has 1 atom stereocenters. The van der Waals surface area contributed by atoms with Crippen molar-refractivity contribution in [3.05, 3.63) is 34.9 Å². The Balaban J connectivity index is 2.22. The lowest BCUT2D eigenvalue weighted by atomic mass is 10.0. The van der Waals surface area contributed by atoms with Crippen molar-refractivity contribution in [1.82, 2.24) is 4.90 Å². The maximum Gasteiger partial charge on any atom is 0.416 e. The average Bonchev–Trinajstić information content (AvgIpc) is 2.65. The molecule has 1 aromatic carbocycles. The molecule has 0 aromatic heterocycles. The summed E-state index contributed by atoms with van der Waals surface area (Å²) in [5.74, 6) is 0.588. The van der Waals surface area contributed by atoms with Crippen LogP contribution in [0.1, 0.15) is 30.0 Å². The van der Waals surface area contributed by atoms with Gasteiger partial charge in [0.05, 0.1) is 5.56 Å². The van der Waals surface area contributed by atoms with Crippen molar-refractivity contribution in [2.45, 2.75) is 33.0 Å². The first-order valence-electron chi connectivity index (χ1n) is 6.25. The first-order valence-corrected chi connectivity index (χ1v) is 6.25. The van der Waals surface area contributed by atoms with Crippen LogP contribution in [0, 0.1) is 12.8 Å². The predicted molar refractivity (Wildman–Crippen MR) is 65.2 cm³/mol. The number of benzene rings is 1. The van der Waals surface area contributed by atoms with Gasteiger partial charge in [-0.3, -0.25) is 4.90 Å². The lowest BCUT2D eigenvalue weighted by Crippen LogP contribution is -2.22. The summed E-state index contributed by atoms with van der Waals surface area (Å²) >= 11 is 0. The summed E-state index contributed by atoms with van der Waals surface area (Å²) in [4.78, 5) is 2.10. The number of rotatable bonds is 2. The Kier molecular flexibility index (Phi) is 3.66. The van der Waals surface area contributed by atoms with Gasteiger partial charge in [-0.2, -0.15) is 13.2 Å². The van der Waals surface area contributed by atoms with Crippen molar-refractivity contribution < 1.29 is 13.2 Å². The highest BCUT2D eigenvalue weighted by Crippen LogP contribution is 2.33. The molecule has 1 aliphatic rings. The average molecular weight is 257 g/mol. The molecule has 1 heterocycles. The fraction of sp³-hybridized carbons (Fsp3) is 0.571. The standard InChI is InChI=1S/C14H18F3N/c1-10-3-4-12(13(7-10)14(15,16)17)9-18-6-5-11(2)8-18/h3-4,7,11H,5-6,8-9H2,1-2H3. The number of aryl methyl sites for hydroxylation is 1. The van der Waals surface area contributed by atoms with Crippen molar-refractivity contribution in [3.8, 4) is 0 Å². The molecule has 1 nitrogen and oxygen atoms in total. The van der Waals surface area contributed by atoms with E-state index in [1.807, 2.05) is 0 Å². The molecule has 1 unspecified atom stereocenters. The molecule has 0 amide bonds. The molecule has 100 valence electrons. The van der Waals surface area contributed by atoms with Gasteiger partial charge < -0.3 is 0 Å². The highest BCUT2D eigenvalue weighted by atomic mass is 19.4. The number of alkyl halides is 3. The summed E-state index contributed by atoms with van der Waals surface area (Å²) in [7, 11) is 0. The fourth-order valence-electron chi connectivity index (χ4n) is 2.50. The van der Waals surface area contributed by atoms with Gasteiger partial charge in [0, 0.05) is 13.1 Å². The van der Waals surface area contributed by atoms with Gasteiger partial charge in [0.25, 0.3) is 0 Å². The van der Waals surface area contributed by atoms with Crippen molar-refractivity contribution >= 4 is 0 Å². The molecule has 1 aliphatic heterocycles. The van der Waals surface area contributed by atoms with Crippen LogP contribution in [0.25, 0.3) is 0 Å². The van der Waals surface area contributed by atoms with Crippen LogP contribution in [-0.4, -0.2) is 18.0 Å². The van der Waals surface area contributed by atoms with E-state index in [-0.39, 0.29) is 0 Å². The zero-order chi connectivity index (χ0) is 13.3. The summed E-state index contributed by atoms with van der Waals surface area (Å²) in [5, 5.41) is 0. The molecule has 4 heteroatoms. The normalized spacial score (nSPS) is 21.5. The van der Waals surface area contributed by atoms with E-state index < -0.39 is 11.7 Å². The molecule has 2 rings (SSSR count). The number of hydrogen-bond acceptors (Lipinski definition) is 1. The van der Waals surface area contributed by atoms with Crippen LogP contribution in [-0.2, 0) is 12.7 Å². The summed E-state index contributed by atoms with van der Waals surface area (Å²) in [6.45, 7) is 6.02. The molecule has 0 radical (unpaired) electrons. The van der Waals surface area contributed by atoms with Gasteiger partial charge in [-0.1, -0.05) is 24.6 Å². The van der Waals surface area contributed by atoms with Gasteiger partial charge in [0.1, 0.15) is 0 Å². The molecule has 1 fully saturated rings. The first-order chi connectivity index (χ1) is 8.36. The van der Waals surface area contributed by atoms with E-state index in [4.69, 9.17) is 0 Å². The molecule has 0 saturated carbocycles. The van der Waals surface area contributed by atoms with Crippen LogP contribution < -0.4 is 0 Å². The second-order valence-corrected chi connectivity index (χ2v) is 5.29. The minimum atomic E-state index is -4.26. The molecule has 1 aromatic rings. The van der Waals surface area contributed by atoms with Crippen LogP contribution in [0.4, 0.5) is 13.2 Å². The van der Waals surface area contributed by atoms with Gasteiger partial charge >= 0.3 is 6.18 Å². The van der Waals surface area contributed by atoms with Crippen LogP contribution in [0.3, 0.4) is 0 Å². The Morgan fingerprint density at radius 3 is 2.61 bits per heavy atom. The molecule has 0 aliphatic carbocycles. The maximum atomic E-state index is 13.0. The van der Waals surface area contributed by atoms with Gasteiger partial charge in [-0.25, -0.2) is 0 Å². The summed E-state index contributed by atoms with van der Waals surface area (Å²) < 4.78 is 38.9. The highest BCUT2D eigenvalue weighted by Gasteiger charge is 2.34. The summed E-state index contributed by atoms with van der Waals surface area (Å²) in [5.41, 5.74) is 0.560. The van der Waals surface area contributed by atoms with Crippen LogP contribution in [0.2, 0.25) is 0 Å². The lowest BCUT2D eigenvalue weighted by Gasteiger charge is -2.19. The Hall–Kier alpha value is -1.03. The third-order valence-electron chi connectivity index (χ3n) is 3.47. The zero-order valence-electron chi connectivity index (χ0n) is 10.7. The molecule has 1 saturated heterocycles. The van der Waals surface area contributed by atoms with Gasteiger partial charge in [0.2, 0.25) is 0 Å². The van der Waals surface area contributed by atoms with Gasteiger partial charge in [0.15, 0.2) is 0 Å². The molecular weight excluding hydrogens is 239 g/mol. The second-order valence-electron chi connectivity index (χ2n) is 5.29. The largest absolute Gasteiger partial charge is 0.416 e. The lowest BCUT2D eigenvalue weighted by molar-refractivity contribution is -0.138. The van der Waals surface area contributed by atoms with Gasteiger partial charge in [-0.15, -0.1) is 0 Å². The second kappa shape index (κ2) is 4.92. The van der Waals surface area contributed by atoms with Crippen molar-refractivity contribution in [2.75, 3.05) is 13.1 Å². The fourth-order valence-corrected chi connectivity index (χ4v) is 2.50. The van der Waals surface area contributed by atoms with Crippen LogP contribution in [0.5, 0.6) is 0 Å². The molecule has 18 heavy (non-hydrogen) atoms. The van der Waals surface area contributed by atoms with E-state index in [1.165, 1.54) is 6.07 Å². The number of halogens is 3. The Morgan fingerprint density at radius 1 is 1.33 bits per heavy atom. The van der Waals surface area contributed by atoms with Gasteiger partial charge in [-0.05, 0) is 37.4 Å². The van der Waals surface area contributed by atoms with Crippen LogP contribution in [0.15, 0.2) is 18.2 Å². The molecule has 0 N–H and O–H groups in total. The molecule has 0 bridgehead atoms. The third-order valence-corrected chi connectivity index (χ3v) is 3.47. The third kappa shape index (κ3) is 3.05. The monoisotopic (exact) mass is 257 g/mol. The van der Waals surface area contributed by atoms with Crippen LogP contribution >= 0.6 is 0 Å². The Labute approximate surface area is 106 Å². The molecular formula is C14H18F3N. The summed E-state index contributed by atoms with van der Waals surface area (Å²) in [6.07, 6.45) is -3.18. The van der Waals surface area contributed by atoms with E-state index in [9.17, 15) is 13.2 Å². The van der Waals surface area contributed by atoms with E-state index in [1.54, 1.807) is 19.1 Å². The topological polar surface area (TPSA) is 3.24 Å². The first kappa shape index (κ1) is 13.4. The highest BCUT2D eigenvalue weighted by molar-refractivity contribution is 5.33. The smallest absolute Gasteiger partial charge is 0.299 e. The van der Waals surface area contributed by atoms with E-state index >= 15 is 0 Å². The minimum Gasteiger partial charge on any atom is -0.299 e.